The number of carbonyl (C=O) groups is 1. The van der Waals surface area contributed by atoms with E-state index in [1.807, 2.05) is 41.1 Å². The van der Waals surface area contributed by atoms with Gasteiger partial charge >= 0.3 is 0 Å². The van der Waals surface area contributed by atoms with E-state index in [1.54, 1.807) is 0 Å². The van der Waals surface area contributed by atoms with Crippen molar-refractivity contribution < 1.29 is 4.79 Å². The number of carbonyl (C=O) groups excluding carboxylic acids is 1. The number of H-pyrrole nitrogens is 1. The Labute approximate surface area is 135 Å². The zero-order valence-corrected chi connectivity index (χ0v) is 13.7. The minimum absolute atomic E-state index is 0.0871. The van der Waals surface area contributed by atoms with Gasteiger partial charge in [0.25, 0.3) is 0 Å². The van der Waals surface area contributed by atoms with Crippen molar-refractivity contribution >= 4 is 28.6 Å². The van der Waals surface area contributed by atoms with Crippen LogP contribution in [-0.2, 0) is 11.2 Å². The Morgan fingerprint density at radius 3 is 3.14 bits per heavy atom. The van der Waals surface area contributed by atoms with Gasteiger partial charge < -0.3 is 15.6 Å². The molecular weight excluding hydrogens is 294 g/mol. The molecule has 118 valence electrons. The van der Waals surface area contributed by atoms with Gasteiger partial charge in [-0.2, -0.15) is 11.8 Å². The van der Waals surface area contributed by atoms with Crippen LogP contribution in [0.5, 0.6) is 0 Å². The third-order valence-corrected chi connectivity index (χ3v) is 5.71. The fourth-order valence-corrected chi connectivity index (χ4v) is 4.21. The van der Waals surface area contributed by atoms with Crippen LogP contribution in [0, 0.1) is 0 Å². The van der Waals surface area contributed by atoms with E-state index in [-0.39, 0.29) is 5.91 Å². The van der Waals surface area contributed by atoms with Gasteiger partial charge in [0.1, 0.15) is 0 Å². The normalized spacial score (nSPS) is 20.3. The molecule has 4 nitrogen and oxygen atoms in total. The van der Waals surface area contributed by atoms with Crippen LogP contribution in [0.25, 0.3) is 10.9 Å². The third kappa shape index (κ3) is 3.15. The maximum atomic E-state index is 12.6. The maximum Gasteiger partial charge on any atom is 0.239 e. The molecule has 0 spiro atoms. The summed E-state index contributed by atoms with van der Waals surface area (Å²) in [6.07, 6.45) is 3.66. The van der Waals surface area contributed by atoms with E-state index in [9.17, 15) is 4.79 Å². The van der Waals surface area contributed by atoms with E-state index in [4.69, 9.17) is 5.73 Å². The van der Waals surface area contributed by atoms with E-state index in [0.29, 0.717) is 11.7 Å². The number of benzene rings is 1. The number of amides is 1. The lowest BCUT2D eigenvalue weighted by Gasteiger charge is -2.33. The van der Waals surface area contributed by atoms with Gasteiger partial charge in [0, 0.05) is 41.2 Å². The van der Waals surface area contributed by atoms with Crippen molar-refractivity contribution in [3.8, 4) is 0 Å². The summed E-state index contributed by atoms with van der Waals surface area (Å²) in [5.74, 6) is 1.10. The van der Waals surface area contributed by atoms with Crippen molar-refractivity contribution in [2.45, 2.75) is 31.1 Å². The summed E-state index contributed by atoms with van der Waals surface area (Å²) in [4.78, 5) is 17.8. The standard InChI is InChI=1S/C17H23N3OS/c1-2-13-11-20(7-8-22-13)17(21)15(18)9-12-10-19-16-6-4-3-5-14(12)16/h3-6,10,13,15,19H,2,7-9,11,18H2,1H3/t13?,15-/m0/s1. The molecule has 5 heteroatoms. The number of rotatable bonds is 4. The van der Waals surface area contributed by atoms with Gasteiger partial charge in [0.2, 0.25) is 5.91 Å². The van der Waals surface area contributed by atoms with Gasteiger partial charge in [0.05, 0.1) is 6.04 Å². The minimum atomic E-state index is -0.459. The topological polar surface area (TPSA) is 62.1 Å². The van der Waals surface area contributed by atoms with Gasteiger partial charge in [0.15, 0.2) is 0 Å². The molecule has 3 rings (SSSR count). The van der Waals surface area contributed by atoms with Crippen LogP contribution in [-0.4, -0.2) is 45.9 Å². The van der Waals surface area contributed by atoms with E-state index in [0.717, 1.165) is 41.7 Å². The molecule has 1 aromatic carbocycles. The molecule has 0 bridgehead atoms. The Morgan fingerprint density at radius 2 is 2.32 bits per heavy atom. The molecule has 2 atom stereocenters. The van der Waals surface area contributed by atoms with Gasteiger partial charge in [-0.3, -0.25) is 4.79 Å². The summed E-state index contributed by atoms with van der Waals surface area (Å²) in [5.41, 5.74) is 8.42. The van der Waals surface area contributed by atoms with E-state index < -0.39 is 6.04 Å². The highest BCUT2D eigenvalue weighted by atomic mass is 32.2. The Morgan fingerprint density at radius 1 is 1.50 bits per heavy atom. The van der Waals surface area contributed by atoms with Crippen molar-refractivity contribution in [3.05, 3.63) is 36.0 Å². The second kappa shape index (κ2) is 6.75. The smallest absolute Gasteiger partial charge is 0.239 e. The van der Waals surface area contributed by atoms with Crippen LogP contribution < -0.4 is 5.73 Å². The first-order valence-corrected chi connectivity index (χ1v) is 8.95. The molecule has 2 heterocycles. The van der Waals surface area contributed by atoms with E-state index >= 15 is 0 Å². The van der Waals surface area contributed by atoms with Crippen molar-refractivity contribution in [3.63, 3.8) is 0 Å². The highest BCUT2D eigenvalue weighted by Crippen LogP contribution is 2.23. The zero-order chi connectivity index (χ0) is 15.5. The van der Waals surface area contributed by atoms with Crippen molar-refractivity contribution in [2.24, 2.45) is 5.73 Å². The number of para-hydroxylation sites is 1. The number of nitrogens with two attached hydrogens (primary N) is 1. The van der Waals surface area contributed by atoms with Crippen LogP contribution in [0.1, 0.15) is 18.9 Å². The first kappa shape index (κ1) is 15.4. The summed E-state index contributed by atoms with van der Waals surface area (Å²) in [5, 5.41) is 1.71. The molecule has 3 N–H and O–H groups in total. The molecule has 22 heavy (non-hydrogen) atoms. The fourth-order valence-electron chi connectivity index (χ4n) is 3.03. The van der Waals surface area contributed by atoms with Crippen LogP contribution >= 0.6 is 11.8 Å². The first-order valence-electron chi connectivity index (χ1n) is 7.90. The number of hydrogen-bond acceptors (Lipinski definition) is 3. The molecular formula is C17H23N3OS. The zero-order valence-electron chi connectivity index (χ0n) is 12.9. The Balaban J connectivity index is 1.68. The molecule has 1 aliphatic heterocycles. The predicted molar refractivity (Wildman–Crippen MR) is 93.1 cm³/mol. The lowest BCUT2D eigenvalue weighted by molar-refractivity contribution is -0.132. The molecule has 1 aromatic heterocycles. The van der Waals surface area contributed by atoms with Gasteiger partial charge in [-0.15, -0.1) is 0 Å². The number of nitrogens with one attached hydrogen (secondary N) is 1. The number of fused-ring (bicyclic) bond motifs is 1. The highest BCUT2D eigenvalue weighted by molar-refractivity contribution is 8.00. The lowest BCUT2D eigenvalue weighted by Crippen LogP contribution is -2.49. The summed E-state index contributed by atoms with van der Waals surface area (Å²) in [6, 6.07) is 7.67. The molecule has 1 unspecified atom stereocenters. The number of hydrogen-bond donors (Lipinski definition) is 2. The number of aromatic nitrogens is 1. The molecule has 1 amide bonds. The van der Waals surface area contributed by atoms with Crippen molar-refractivity contribution in [1.29, 1.82) is 0 Å². The summed E-state index contributed by atoms with van der Waals surface area (Å²) >= 11 is 1.96. The van der Waals surface area contributed by atoms with Crippen LogP contribution in [0.15, 0.2) is 30.5 Å². The van der Waals surface area contributed by atoms with Crippen molar-refractivity contribution in [2.75, 3.05) is 18.8 Å². The average Bonchev–Trinajstić information content (AvgIpc) is 2.97. The number of thioether (sulfide) groups is 1. The maximum absolute atomic E-state index is 12.6. The SMILES string of the molecule is CCC1CN(C(=O)[C@@H](N)Cc2c[nH]c3ccccc23)CCS1. The fraction of sp³-hybridized carbons (Fsp3) is 0.471. The van der Waals surface area contributed by atoms with Gasteiger partial charge in [-0.05, 0) is 24.5 Å². The second-order valence-electron chi connectivity index (χ2n) is 5.86. The summed E-state index contributed by atoms with van der Waals surface area (Å²) in [6.45, 7) is 3.83. The minimum Gasteiger partial charge on any atom is -0.361 e. The van der Waals surface area contributed by atoms with E-state index in [2.05, 4.69) is 18.0 Å². The van der Waals surface area contributed by atoms with Gasteiger partial charge in [-0.1, -0.05) is 25.1 Å². The third-order valence-electron chi connectivity index (χ3n) is 4.34. The average molecular weight is 317 g/mol. The molecule has 1 saturated heterocycles. The highest BCUT2D eigenvalue weighted by Gasteiger charge is 2.27. The second-order valence-corrected chi connectivity index (χ2v) is 7.26. The lowest BCUT2D eigenvalue weighted by atomic mass is 10.0. The Bertz CT molecular complexity index is 654. The molecule has 1 fully saturated rings. The number of nitrogens with zero attached hydrogens (tertiary/aromatic N) is 1. The number of aromatic amines is 1. The van der Waals surface area contributed by atoms with Crippen LogP contribution in [0.4, 0.5) is 0 Å². The first-order chi connectivity index (χ1) is 10.7. The largest absolute Gasteiger partial charge is 0.361 e. The molecule has 0 radical (unpaired) electrons. The quantitative estimate of drug-likeness (QED) is 0.910. The molecule has 2 aromatic rings. The monoisotopic (exact) mass is 317 g/mol. The van der Waals surface area contributed by atoms with Crippen LogP contribution in [0.2, 0.25) is 0 Å². The van der Waals surface area contributed by atoms with Crippen LogP contribution in [0.3, 0.4) is 0 Å². The summed E-state index contributed by atoms with van der Waals surface area (Å²) < 4.78 is 0. The van der Waals surface area contributed by atoms with Gasteiger partial charge in [-0.25, -0.2) is 0 Å². The Kier molecular flexibility index (Phi) is 4.74. The molecule has 1 aliphatic rings. The molecule has 0 saturated carbocycles. The Hall–Kier alpha value is -1.46. The van der Waals surface area contributed by atoms with Crippen molar-refractivity contribution in [1.82, 2.24) is 9.88 Å². The summed E-state index contributed by atoms with van der Waals surface area (Å²) in [7, 11) is 0. The molecule has 0 aliphatic carbocycles. The predicted octanol–water partition coefficient (Wildman–Crippen LogP) is 2.39. The van der Waals surface area contributed by atoms with E-state index in [1.165, 1.54) is 0 Å².